The van der Waals surface area contributed by atoms with Crippen LogP contribution in [0.25, 0.3) is 11.1 Å². The molecule has 34 heavy (non-hydrogen) atoms. The molecule has 2 heterocycles. The zero-order valence-corrected chi connectivity index (χ0v) is 20.8. The number of hydrogen-bond donors (Lipinski definition) is 1. The maximum atomic E-state index is 11.6. The molecule has 9 nitrogen and oxygen atoms in total. The highest BCUT2D eigenvalue weighted by molar-refractivity contribution is 7.89. The average molecular weight is 487 g/mol. The first-order chi connectivity index (χ1) is 16.0. The first-order valence-corrected chi connectivity index (χ1v) is 12.3. The third kappa shape index (κ3) is 6.84. The number of benzene rings is 1. The van der Waals surface area contributed by atoms with Crippen LogP contribution in [0.2, 0.25) is 0 Å². The number of nitrogens with two attached hydrogens (primary N) is 1. The van der Waals surface area contributed by atoms with E-state index in [1.54, 1.807) is 10.9 Å². The summed E-state index contributed by atoms with van der Waals surface area (Å²) in [6.45, 7) is 10.7. The Kier molecular flexibility index (Phi) is 9.26. The number of sulfonamides is 1. The van der Waals surface area contributed by atoms with E-state index in [1.165, 1.54) is 17.2 Å². The Morgan fingerprint density at radius 3 is 2.38 bits per heavy atom. The molecule has 0 fully saturated rings. The fourth-order valence-electron chi connectivity index (χ4n) is 3.69. The summed E-state index contributed by atoms with van der Waals surface area (Å²) in [5.74, 6) is 0.972. The van der Waals surface area contributed by atoms with Gasteiger partial charge in [-0.05, 0) is 61.1 Å². The van der Waals surface area contributed by atoms with Gasteiger partial charge in [-0.25, -0.2) is 18.5 Å². The Labute approximate surface area is 200 Å². The van der Waals surface area contributed by atoms with E-state index in [1.807, 2.05) is 26.0 Å². The number of carbonyl (C=O) groups excluding carboxylic acids is 2. The highest BCUT2D eigenvalue weighted by Gasteiger charge is 2.18. The van der Waals surface area contributed by atoms with Gasteiger partial charge in [0.25, 0.3) is 10.0 Å². The molecule has 2 N–H and O–H groups in total. The number of hydrogen-bond acceptors (Lipinski definition) is 7. The van der Waals surface area contributed by atoms with Gasteiger partial charge in [-0.15, -0.1) is 0 Å². The second kappa shape index (κ2) is 11.7. The summed E-state index contributed by atoms with van der Waals surface area (Å²) in [5.41, 5.74) is 5.54. The van der Waals surface area contributed by atoms with Gasteiger partial charge >= 0.3 is 6.15 Å². The summed E-state index contributed by atoms with van der Waals surface area (Å²) < 4.78 is 30.8. The molecule has 0 radical (unpaired) electrons. The molecule has 10 heteroatoms. The van der Waals surface area contributed by atoms with Crippen LogP contribution in [0.4, 0.5) is 0 Å². The number of rotatable bonds is 8. The van der Waals surface area contributed by atoms with Gasteiger partial charge < -0.3 is 4.74 Å². The fraction of sp³-hybridized carbons (Fsp3) is 0.375. The molecule has 3 aromatic rings. The lowest BCUT2D eigenvalue weighted by Gasteiger charge is -2.15. The van der Waals surface area contributed by atoms with Crippen molar-refractivity contribution in [2.45, 2.75) is 58.0 Å². The quantitative estimate of drug-likeness (QED) is 0.513. The molecule has 0 spiro atoms. The van der Waals surface area contributed by atoms with Gasteiger partial charge in [-0.1, -0.05) is 32.0 Å². The molecule has 0 amide bonds. The molecule has 0 aliphatic carbocycles. The minimum atomic E-state index is -3.85. The topological polar surface area (TPSA) is 134 Å². The third-order valence-electron chi connectivity index (χ3n) is 5.22. The molecule has 0 bridgehead atoms. The number of ether oxygens (including phenoxy) is 1. The van der Waals surface area contributed by atoms with Gasteiger partial charge in [0.05, 0.1) is 6.61 Å². The number of primary sulfonamides is 1. The van der Waals surface area contributed by atoms with Gasteiger partial charge in [0.1, 0.15) is 0 Å². The lowest BCUT2D eigenvalue weighted by atomic mass is 9.91. The Balaban J connectivity index is 0.00000129. The van der Waals surface area contributed by atoms with Crippen molar-refractivity contribution >= 4 is 16.2 Å². The Hall–Kier alpha value is -3.33. The summed E-state index contributed by atoms with van der Waals surface area (Å²) >= 11 is 0. The lowest BCUT2D eigenvalue weighted by molar-refractivity contribution is -0.191. The number of pyridine rings is 1. The number of aromatic nitrogens is 3. The van der Waals surface area contributed by atoms with Crippen LogP contribution < -0.4 is 9.88 Å². The number of nitrogens with zero attached hydrogens (tertiary/aromatic N) is 3. The highest BCUT2D eigenvalue weighted by atomic mass is 32.2. The standard InChI is InChI=1S/C23H30N4O3S.CO2/c1-15(2)20-7-6-8-21(17(20)5)18-9-11-25-22(13-18)30-12-10-19-14-23(31(24,28)29)26-27(19)16(3)4;2-1-3/h6-9,11,13-16H,10,12H2,1-5H3,(H2,24,28,29);. The Morgan fingerprint density at radius 1 is 1.12 bits per heavy atom. The van der Waals surface area contributed by atoms with E-state index in [-0.39, 0.29) is 17.2 Å². The average Bonchev–Trinajstić information content (AvgIpc) is 3.20. The van der Waals surface area contributed by atoms with Crippen molar-refractivity contribution in [3.8, 4) is 17.0 Å². The smallest absolute Gasteiger partial charge is 0.373 e. The fourth-order valence-corrected chi connectivity index (χ4v) is 4.19. The van der Waals surface area contributed by atoms with Crippen LogP contribution in [0, 0.1) is 6.92 Å². The van der Waals surface area contributed by atoms with Crippen molar-refractivity contribution in [3.05, 3.63) is 59.4 Å². The van der Waals surface area contributed by atoms with E-state index >= 15 is 0 Å². The molecule has 0 aliphatic rings. The van der Waals surface area contributed by atoms with Gasteiger partial charge in [0.2, 0.25) is 5.88 Å². The predicted molar refractivity (Wildman–Crippen MR) is 127 cm³/mol. The van der Waals surface area contributed by atoms with E-state index in [2.05, 4.69) is 49.1 Å². The first kappa shape index (κ1) is 26.9. The van der Waals surface area contributed by atoms with E-state index < -0.39 is 10.0 Å². The van der Waals surface area contributed by atoms with Crippen LogP contribution >= 0.6 is 0 Å². The molecular weight excluding hydrogens is 456 g/mol. The molecule has 3 rings (SSSR count). The van der Waals surface area contributed by atoms with E-state index in [4.69, 9.17) is 19.5 Å². The normalized spacial score (nSPS) is 11.2. The minimum Gasteiger partial charge on any atom is -0.477 e. The maximum Gasteiger partial charge on any atom is 0.373 e. The largest absolute Gasteiger partial charge is 0.477 e. The van der Waals surface area contributed by atoms with Crippen LogP contribution in [-0.4, -0.2) is 35.9 Å². The molecule has 0 saturated heterocycles. The maximum absolute atomic E-state index is 11.6. The second-order valence-corrected chi connectivity index (χ2v) is 9.80. The third-order valence-corrected chi connectivity index (χ3v) is 6.01. The van der Waals surface area contributed by atoms with Crippen molar-refractivity contribution in [3.63, 3.8) is 0 Å². The van der Waals surface area contributed by atoms with E-state index in [0.717, 1.165) is 16.8 Å². The van der Waals surface area contributed by atoms with Crippen molar-refractivity contribution in [2.24, 2.45) is 5.14 Å². The zero-order valence-electron chi connectivity index (χ0n) is 20.0. The highest BCUT2D eigenvalue weighted by Crippen LogP contribution is 2.30. The molecular formula is C24H30N4O5S. The summed E-state index contributed by atoms with van der Waals surface area (Å²) in [7, 11) is -3.85. The van der Waals surface area contributed by atoms with Crippen LogP contribution in [0.1, 0.15) is 56.5 Å². The summed E-state index contributed by atoms with van der Waals surface area (Å²) in [4.78, 5) is 20.6. The molecule has 2 aromatic heterocycles. The van der Waals surface area contributed by atoms with Crippen LogP contribution in [0.3, 0.4) is 0 Å². The summed E-state index contributed by atoms with van der Waals surface area (Å²) in [6.07, 6.45) is 2.47. The SMILES string of the molecule is Cc1c(-c2ccnc(OCCc3cc(S(N)(=O)=O)nn3C(C)C)c2)cccc1C(C)C.O=C=O. The summed E-state index contributed by atoms with van der Waals surface area (Å²) in [5, 5.41) is 9.22. The second-order valence-electron chi connectivity index (χ2n) is 8.30. The van der Waals surface area contributed by atoms with E-state index in [0.29, 0.717) is 24.8 Å². The van der Waals surface area contributed by atoms with Gasteiger partial charge in [-0.2, -0.15) is 14.7 Å². The molecule has 0 saturated carbocycles. The summed E-state index contributed by atoms with van der Waals surface area (Å²) in [6, 6.07) is 11.8. The van der Waals surface area contributed by atoms with Gasteiger partial charge in [0, 0.05) is 30.4 Å². The molecule has 0 aliphatic heterocycles. The zero-order chi connectivity index (χ0) is 25.5. The Bertz CT molecular complexity index is 1260. The van der Waals surface area contributed by atoms with Gasteiger partial charge in [-0.3, -0.25) is 4.68 Å². The van der Waals surface area contributed by atoms with Gasteiger partial charge in [0.15, 0.2) is 5.03 Å². The first-order valence-electron chi connectivity index (χ1n) is 10.8. The van der Waals surface area contributed by atoms with Crippen molar-refractivity contribution < 1.29 is 22.7 Å². The molecule has 0 atom stereocenters. The minimum absolute atomic E-state index is 0.00293. The van der Waals surface area contributed by atoms with Crippen molar-refractivity contribution in [1.82, 2.24) is 14.8 Å². The monoisotopic (exact) mass is 486 g/mol. The van der Waals surface area contributed by atoms with E-state index in [9.17, 15) is 8.42 Å². The molecule has 1 aromatic carbocycles. The van der Waals surface area contributed by atoms with Crippen LogP contribution in [0.5, 0.6) is 5.88 Å². The predicted octanol–water partition coefficient (Wildman–Crippen LogP) is 3.64. The lowest BCUT2D eigenvalue weighted by Crippen LogP contribution is -2.14. The van der Waals surface area contributed by atoms with Crippen LogP contribution in [-0.2, 0) is 26.0 Å². The van der Waals surface area contributed by atoms with Crippen molar-refractivity contribution in [2.75, 3.05) is 6.61 Å². The molecule has 0 unspecified atom stereocenters. The van der Waals surface area contributed by atoms with Crippen LogP contribution in [0.15, 0.2) is 47.6 Å². The molecule has 182 valence electrons. The Morgan fingerprint density at radius 2 is 1.79 bits per heavy atom. The van der Waals surface area contributed by atoms with Crippen molar-refractivity contribution in [1.29, 1.82) is 0 Å².